The van der Waals surface area contributed by atoms with Gasteiger partial charge in [-0.25, -0.2) is 8.78 Å². The number of aliphatic hydroxyl groups excluding tert-OH is 1. The maximum atomic E-state index is 14.3. The highest BCUT2D eigenvalue weighted by atomic mass is 35.5. The van der Waals surface area contributed by atoms with Gasteiger partial charge < -0.3 is 25.8 Å². The van der Waals surface area contributed by atoms with Crippen LogP contribution in [0.3, 0.4) is 0 Å². The van der Waals surface area contributed by atoms with E-state index in [0.717, 1.165) is 35.8 Å². The molecule has 0 heterocycles. The molecule has 0 aromatic heterocycles. The van der Waals surface area contributed by atoms with Crippen LogP contribution in [-0.4, -0.2) is 54.1 Å². The number of nitrogens with two attached hydrogens (primary N) is 1. The van der Waals surface area contributed by atoms with Gasteiger partial charge in [-0.1, -0.05) is 67.4 Å². The van der Waals surface area contributed by atoms with E-state index in [1.165, 1.54) is 12.1 Å². The second-order valence-electron chi connectivity index (χ2n) is 13.1. The van der Waals surface area contributed by atoms with Crippen LogP contribution in [-0.2, 0) is 29.0 Å². The summed E-state index contributed by atoms with van der Waals surface area (Å²) in [7, 11) is 0. The molecule has 3 atom stereocenters. The third-order valence-corrected chi connectivity index (χ3v) is 9.28. The quantitative estimate of drug-likeness (QED) is 0.124. The summed E-state index contributed by atoms with van der Waals surface area (Å²) in [5.41, 5.74) is 8.02. The minimum Gasteiger partial charge on any atom is -0.489 e. The van der Waals surface area contributed by atoms with E-state index in [2.05, 4.69) is 5.32 Å². The van der Waals surface area contributed by atoms with Crippen molar-refractivity contribution in [2.45, 2.75) is 65.6 Å². The predicted octanol–water partition coefficient (Wildman–Crippen LogP) is 6.95. The molecule has 7 nitrogen and oxygen atoms in total. The number of hydrogen-bond donors (Lipinski definition) is 3. The van der Waals surface area contributed by atoms with Gasteiger partial charge in [0.25, 0.3) is 0 Å². The van der Waals surface area contributed by atoms with Crippen LogP contribution < -0.4 is 15.8 Å². The van der Waals surface area contributed by atoms with Gasteiger partial charge in [-0.15, -0.1) is 0 Å². The van der Waals surface area contributed by atoms with Crippen LogP contribution in [0.5, 0.6) is 5.75 Å². The van der Waals surface area contributed by atoms with Crippen LogP contribution in [0.25, 0.3) is 0 Å². The predicted molar refractivity (Wildman–Crippen MR) is 194 cm³/mol. The maximum absolute atomic E-state index is 14.3. The van der Waals surface area contributed by atoms with Crippen molar-refractivity contribution >= 4 is 23.4 Å². The Morgan fingerprint density at radius 2 is 1.68 bits per heavy atom. The molecule has 0 spiro atoms. The van der Waals surface area contributed by atoms with Crippen molar-refractivity contribution in [3.8, 4) is 5.75 Å². The van der Waals surface area contributed by atoms with Crippen LogP contribution in [0.15, 0.2) is 90.0 Å². The number of nitrogens with one attached hydrogen (secondary N) is 1. The fourth-order valence-corrected chi connectivity index (χ4v) is 6.94. The molecule has 10 heteroatoms. The molecular weight excluding hydrogens is 660 g/mol. The monoisotopic (exact) mass is 707 g/mol. The van der Waals surface area contributed by atoms with E-state index < -0.39 is 35.0 Å². The highest BCUT2D eigenvalue weighted by Gasteiger charge is 2.48. The first kappa shape index (κ1) is 38.7. The number of rotatable bonds is 18. The Balaban J connectivity index is 1.49. The van der Waals surface area contributed by atoms with Gasteiger partial charge in [0.1, 0.15) is 24.0 Å². The number of ether oxygens (including phenoxy) is 1. The number of carbonyl (C=O) groups excluding carboxylic acids is 2. The number of nitrogens with zero attached hydrogens (tertiary/aromatic N) is 1. The molecule has 0 aliphatic heterocycles. The van der Waals surface area contributed by atoms with Gasteiger partial charge in [0.05, 0.1) is 11.5 Å². The Labute approximate surface area is 299 Å². The van der Waals surface area contributed by atoms with Crippen molar-refractivity contribution < 1.29 is 28.2 Å². The summed E-state index contributed by atoms with van der Waals surface area (Å²) in [6, 6.07) is 18.4. The molecule has 0 saturated heterocycles. The molecule has 3 aromatic rings. The average Bonchev–Trinajstić information content (AvgIpc) is 3.07. The number of benzene rings is 3. The highest BCUT2D eigenvalue weighted by Crippen LogP contribution is 2.44. The highest BCUT2D eigenvalue weighted by molar-refractivity contribution is 6.30. The van der Waals surface area contributed by atoms with E-state index in [4.69, 9.17) is 22.1 Å². The van der Waals surface area contributed by atoms with Crippen LogP contribution in [0.2, 0.25) is 5.02 Å². The molecule has 1 aliphatic rings. The van der Waals surface area contributed by atoms with Gasteiger partial charge >= 0.3 is 0 Å². The van der Waals surface area contributed by atoms with Gasteiger partial charge in [-0.3, -0.25) is 9.59 Å². The molecule has 0 radical (unpaired) electrons. The van der Waals surface area contributed by atoms with E-state index >= 15 is 0 Å². The Bertz CT molecular complexity index is 1650. The van der Waals surface area contributed by atoms with Crippen molar-refractivity contribution in [3.63, 3.8) is 0 Å². The minimum absolute atomic E-state index is 0.0340. The summed E-state index contributed by atoms with van der Waals surface area (Å²) in [6.07, 6.45) is 4.42. The molecule has 4 rings (SSSR count). The van der Waals surface area contributed by atoms with E-state index in [1.54, 1.807) is 24.0 Å². The van der Waals surface area contributed by atoms with Gasteiger partial charge in [0.2, 0.25) is 11.8 Å². The molecule has 3 aromatic carbocycles. The normalized spacial score (nSPS) is 17.0. The van der Waals surface area contributed by atoms with E-state index in [0.29, 0.717) is 48.8 Å². The third kappa shape index (κ3) is 10.5. The third-order valence-electron chi connectivity index (χ3n) is 9.04. The molecule has 268 valence electrons. The van der Waals surface area contributed by atoms with Gasteiger partial charge in [0.15, 0.2) is 0 Å². The fourth-order valence-electron chi connectivity index (χ4n) is 6.73. The van der Waals surface area contributed by atoms with E-state index in [1.807, 2.05) is 62.4 Å². The molecule has 1 unspecified atom stereocenters. The van der Waals surface area contributed by atoms with Crippen LogP contribution in [0.1, 0.15) is 56.7 Å². The molecule has 1 aliphatic carbocycles. The standard InChI is InChI=1S/C40H48ClF2N3O4/c1-4-15-46(16-5-2)38(48)31-17-27(3)23-40(24-31,39(44)49)36(21-30-19-33(42)22-34(43)20-30)37(47)25-45-14-13-28-9-11-35(12-10-28)50-26-29-7-6-8-32(41)18-29/h6-12,17-20,22-23,36-37,45,47H,4-5,13-16,21,24-26H2,1-3H3,(H2,44,49)/t36-,37+,40?/m1/s1. The van der Waals surface area contributed by atoms with Crippen LogP contribution >= 0.6 is 11.6 Å². The van der Waals surface area contributed by atoms with E-state index in [-0.39, 0.29) is 30.9 Å². The van der Waals surface area contributed by atoms with Crippen molar-refractivity contribution in [1.82, 2.24) is 10.2 Å². The number of halogens is 3. The van der Waals surface area contributed by atoms with Crippen LogP contribution in [0, 0.1) is 23.0 Å². The number of aliphatic hydroxyl groups is 1. The Kier molecular flexibility index (Phi) is 14.2. The summed E-state index contributed by atoms with van der Waals surface area (Å²) in [6.45, 7) is 7.88. The zero-order chi connectivity index (χ0) is 36.3. The zero-order valence-corrected chi connectivity index (χ0v) is 29.8. The second kappa shape index (κ2) is 18.3. The Hall–Kier alpha value is -4.05. The summed E-state index contributed by atoms with van der Waals surface area (Å²) >= 11 is 6.06. The summed E-state index contributed by atoms with van der Waals surface area (Å²) in [5.74, 6) is -2.60. The van der Waals surface area contributed by atoms with Crippen molar-refractivity contribution in [3.05, 3.63) is 123 Å². The number of carbonyl (C=O) groups is 2. The first-order chi connectivity index (χ1) is 23.9. The summed E-state index contributed by atoms with van der Waals surface area (Å²) < 4.78 is 34.5. The molecular formula is C40H48ClF2N3O4. The van der Waals surface area contributed by atoms with Crippen LogP contribution in [0.4, 0.5) is 8.78 Å². The topological polar surface area (TPSA) is 105 Å². The van der Waals surface area contributed by atoms with E-state index in [9.17, 15) is 23.5 Å². The van der Waals surface area contributed by atoms with Gasteiger partial charge in [0, 0.05) is 42.2 Å². The van der Waals surface area contributed by atoms with Crippen molar-refractivity contribution in [1.29, 1.82) is 0 Å². The largest absolute Gasteiger partial charge is 0.489 e. The lowest BCUT2D eigenvalue weighted by molar-refractivity contribution is -0.132. The first-order valence-electron chi connectivity index (χ1n) is 17.2. The molecule has 4 N–H and O–H groups in total. The molecule has 2 amide bonds. The second-order valence-corrected chi connectivity index (χ2v) is 13.5. The lowest BCUT2D eigenvalue weighted by Crippen LogP contribution is -2.52. The lowest BCUT2D eigenvalue weighted by atomic mass is 9.63. The van der Waals surface area contributed by atoms with Crippen molar-refractivity contribution in [2.75, 3.05) is 26.2 Å². The Morgan fingerprint density at radius 1 is 1.00 bits per heavy atom. The van der Waals surface area contributed by atoms with Crippen molar-refractivity contribution in [2.24, 2.45) is 17.1 Å². The lowest BCUT2D eigenvalue weighted by Gasteiger charge is -2.42. The molecule has 0 saturated carbocycles. The fraction of sp³-hybridized carbons (Fsp3) is 0.400. The molecule has 50 heavy (non-hydrogen) atoms. The average molecular weight is 708 g/mol. The van der Waals surface area contributed by atoms with Gasteiger partial charge in [-0.2, -0.15) is 0 Å². The number of amides is 2. The molecule has 0 fully saturated rings. The Morgan fingerprint density at radius 3 is 2.30 bits per heavy atom. The number of allylic oxidation sites excluding steroid dienone is 2. The maximum Gasteiger partial charge on any atom is 0.249 e. The number of hydrogen-bond acceptors (Lipinski definition) is 5. The first-order valence-corrected chi connectivity index (χ1v) is 17.6. The number of primary amides is 1. The summed E-state index contributed by atoms with van der Waals surface area (Å²) in [4.78, 5) is 29.0. The SMILES string of the molecule is CCCN(CCC)C(=O)C1=CC(C)=CC(C(N)=O)([C@H](Cc2cc(F)cc(F)c2)[C@@H](O)CNCCc2ccc(OCc3cccc(Cl)c3)cc2)C1. The van der Waals surface area contributed by atoms with Gasteiger partial charge in [-0.05, 0) is 98.7 Å². The minimum atomic E-state index is -1.49. The smallest absolute Gasteiger partial charge is 0.249 e. The molecule has 0 bridgehead atoms. The summed E-state index contributed by atoms with van der Waals surface area (Å²) in [5, 5.41) is 15.7. The zero-order valence-electron chi connectivity index (χ0n) is 29.1.